The number of nitrogens with one attached hydrogen (secondary N) is 1. The second kappa shape index (κ2) is 4.89. The highest BCUT2D eigenvalue weighted by Crippen LogP contribution is 2.18. The Hall–Kier alpha value is -1.41. The largest absolute Gasteiger partial charge is 0.381 e. The Labute approximate surface area is 94.0 Å². The molecule has 1 atom stereocenters. The van der Waals surface area contributed by atoms with Gasteiger partial charge in [0, 0.05) is 6.20 Å². The van der Waals surface area contributed by atoms with Gasteiger partial charge in [0.2, 0.25) is 11.9 Å². The summed E-state index contributed by atoms with van der Waals surface area (Å²) in [6.07, 6.45) is 0.189. The molecule has 82 valence electrons. The third-order valence-corrected chi connectivity index (χ3v) is 2.13. The lowest BCUT2D eigenvalue weighted by molar-refractivity contribution is -0.125. The maximum atomic E-state index is 10.5. The van der Waals surface area contributed by atoms with Gasteiger partial charge in [-0.2, -0.15) is 4.98 Å². The topological polar surface area (TPSA) is 127 Å². The number of nitrogens with zero attached hydrogens (tertiary/aromatic N) is 2. The summed E-state index contributed by atoms with van der Waals surface area (Å²) < 4.78 is 0.577. The SMILES string of the molecule is NC(=O)C(O)CNc1nc(N)ncc1Br. The highest BCUT2D eigenvalue weighted by Gasteiger charge is 2.11. The van der Waals surface area contributed by atoms with Crippen molar-refractivity contribution in [3.8, 4) is 0 Å². The fourth-order valence-corrected chi connectivity index (χ4v) is 1.13. The molecule has 6 N–H and O–H groups in total. The zero-order valence-corrected chi connectivity index (χ0v) is 9.23. The van der Waals surface area contributed by atoms with Crippen LogP contribution in [0.1, 0.15) is 0 Å². The van der Waals surface area contributed by atoms with E-state index in [0.29, 0.717) is 10.3 Å². The molecule has 1 unspecified atom stereocenters. The predicted molar refractivity (Wildman–Crippen MR) is 57.8 cm³/mol. The lowest BCUT2D eigenvalue weighted by Gasteiger charge is -2.10. The number of anilines is 2. The van der Waals surface area contributed by atoms with E-state index in [1.54, 1.807) is 0 Å². The summed E-state index contributed by atoms with van der Waals surface area (Å²) in [7, 11) is 0. The second-order valence-corrected chi connectivity index (χ2v) is 3.58. The van der Waals surface area contributed by atoms with Crippen molar-refractivity contribution in [2.75, 3.05) is 17.6 Å². The summed E-state index contributed by atoms with van der Waals surface area (Å²) in [5.41, 5.74) is 10.2. The fraction of sp³-hybridized carbons (Fsp3) is 0.286. The quantitative estimate of drug-likeness (QED) is 0.563. The zero-order chi connectivity index (χ0) is 11.4. The zero-order valence-electron chi connectivity index (χ0n) is 7.64. The summed E-state index contributed by atoms with van der Waals surface area (Å²) in [5, 5.41) is 11.8. The number of aliphatic hydroxyl groups is 1. The third-order valence-electron chi connectivity index (χ3n) is 1.55. The van der Waals surface area contributed by atoms with Crippen LogP contribution in [0.4, 0.5) is 11.8 Å². The molecule has 0 aliphatic heterocycles. The number of primary amides is 1. The second-order valence-electron chi connectivity index (χ2n) is 2.72. The number of nitrogen functional groups attached to an aromatic ring is 1. The van der Waals surface area contributed by atoms with Crippen molar-refractivity contribution in [3.05, 3.63) is 10.7 Å². The summed E-state index contributed by atoms with van der Waals surface area (Å²) in [6.45, 7) is -0.0373. The average Bonchev–Trinajstić information content (AvgIpc) is 2.18. The van der Waals surface area contributed by atoms with E-state index < -0.39 is 12.0 Å². The van der Waals surface area contributed by atoms with Gasteiger partial charge in [-0.15, -0.1) is 0 Å². The summed E-state index contributed by atoms with van der Waals surface area (Å²) >= 11 is 3.18. The van der Waals surface area contributed by atoms with Crippen molar-refractivity contribution in [2.45, 2.75) is 6.10 Å². The predicted octanol–water partition coefficient (Wildman–Crippen LogP) is -0.921. The molecule has 0 spiro atoms. The van der Waals surface area contributed by atoms with E-state index in [1.165, 1.54) is 6.20 Å². The van der Waals surface area contributed by atoms with Crippen LogP contribution in [-0.2, 0) is 4.79 Å². The van der Waals surface area contributed by atoms with Crippen LogP contribution in [0.3, 0.4) is 0 Å². The smallest absolute Gasteiger partial charge is 0.248 e. The van der Waals surface area contributed by atoms with Gasteiger partial charge in [-0.1, -0.05) is 0 Å². The standard InChI is InChI=1S/C7H10BrN5O2/c8-3-1-12-7(10)13-6(3)11-2-4(14)5(9)15/h1,4,14H,2H2,(H2,9,15)(H3,10,11,12,13). The van der Waals surface area contributed by atoms with E-state index in [4.69, 9.17) is 16.6 Å². The molecule has 1 aromatic rings. The first-order chi connectivity index (χ1) is 7.00. The van der Waals surface area contributed by atoms with Gasteiger partial charge in [-0.25, -0.2) is 4.98 Å². The number of aliphatic hydroxyl groups excluding tert-OH is 1. The Morgan fingerprint density at radius 3 is 3.00 bits per heavy atom. The number of rotatable bonds is 4. The highest BCUT2D eigenvalue weighted by molar-refractivity contribution is 9.10. The minimum absolute atomic E-state index is 0.0373. The van der Waals surface area contributed by atoms with E-state index in [2.05, 4.69) is 31.2 Å². The molecule has 1 heterocycles. The number of nitrogens with two attached hydrogens (primary N) is 2. The molecule has 1 amide bonds. The first-order valence-corrected chi connectivity index (χ1v) is 4.79. The number of hydrogen-bond acceptors (Lipinski definition) is 6. The molecule has 1 aromatic heterocycles. The lowest BCUT2D eigenvalue weighted by Crippen LogP contribution is -2.34. The van der Waals surface area contributed by atoms with Gasteiger partial charge in [0.15, 0.2) is 0 Å². The lowest BCUT2D eigenvalue weighted by atomic mass is 10.3. The summed E-state index contributed by atoms with van der Waals surface area (Å²) in [5.74, 6) is -0.322. The molecular weight excluding hydrogens is 266 g/mol. The van der Waals surface area contributed by atoms with Crippen LogP contribution >= 0.6 is 15.9 Å². The van der Waals surface area contributed by atoms with E-state index >= 15 is 0 Å². The van der Waals surface area contributed by atoms with Crippen molar-refractivity contribution in [2.24, 2.45) is 5.73 Å². The monoisotopic (exact) mass is 275 g/mol. The molecule has 0 aromatic carbocycles. The molecule has 0 aliphatic rings. The Morgan fingerprint density at radius 2 is 2.40 bits per heavy atom. The van der Waals surface area contributed by atoms with Gasteiger partial charge in [0.25, 0.3) is 0 Å². The van der Waals surface area contributed by atoms with Crippen molar-refractivity contribution >= 4 is 33.6 Å². The molecular formula is C7H10BrN5O2. The fourth-order valence-electron chi connectivity index (χ4n) is 0.799. The van der Waals surface area contributed by atoms with Crippen molar-refractivity contribution < 1.29 is 9.90 Å². The van der Waals surface area contributed by atoms with E-state index in [9.17, 15) is 4.79 Å². The minimum atomic E-state index is -1.27. The molecule has 8 heteroatoms. The first kappa shape index (κ1) is 11.7. The third kappa shape index (κ3) is 3.33. The molecule has 0 radical (unpaired) electrons. The molecule has 0 saturated carbocycles. The number of aromatic nitrogens is 2. The summed E-state index contributed by atoms with van der Waals surface area (Å²) in [6, 6.07) is 0. The van der Waals surface area contributed by atoms with Crippen LogP contribution in [0.5, 0.6) is 0 Å². The van der Waals surface area contributed by atoms with Crippen LogP contribution < -0.4 is 16.8 Å². The van der Waals surface area contributed by atoms with Gasteiger partial charge >= 0.3 is 0 Å². The van der Waals surface area contributed by atoms with Crippen LogP contribution in [0.2, 0.25) is 0 Å². The molecule has 15 heavy (non-hydrogen) atoms. The normalized spacial score (nSPS) is 12.1. The van der Waals surface area contributed by atoms with Crippen molar-refractivity contribution in [1.29, 1.82) is 0 Å². The number of carbonyl (C=O) groups excluding carboxylic acids is 1. The molecule has 1 rings (SSSR count). The van der Waals surface area contributed by atoms with Crippen LogP contribution in [-0.4, -0.2) is 33.6 Å². The number of hydrogen-bond donors (Lipinski definition) is 4. The van der Waals surface area contributed by atoms with Crippen LogP contribution in [0.25, 0.3) is 0 Å². The van der Waals surface area contributed by atoms with Crippen molar-refractivity contribution in [3.63, 3.8) is 0 Å². The van der Waals surface area contributed by atoms with Crippen LogP contribution in [0.15, 0.2) is 10.7 Å². The van der Waals surface area contributed by atoms with Gasteiger partial charge in [-0.3, -0.25) is 4.79 Å². The Bertz CT molecular complexity index is 372. The Morgan fingerprint density at radius 1 is 1.73 bits per heavy atom. The highest BCUT2D eigenvalue weighted by atomic mass is 79.9. The minimum Gasteiger partial charge on any atom is -0.381 e. The maximum absolute atomic E-state index is 10.5. The van der Waals surface area contributed by atoms with E-state index in [-0.39, 0.29) is 12.5 Å². The molecule has 0 fully saturated rings. The average molecular weight is 276 g/mol. The molecule has 0 bridgehead atoms. The van der Waals surface area contributed by atoms with Crippen molar-refractivity contribution in [1.82, 2.24) is 9.97 Å². The Kier molecular flexibility index (Phi) is 3.81. The van der Waals surface area contributed by atoms with Gasteiger partial charge < -0.3 is 21.9 Å². The molecule has 7 nitrogen and oxygen atoms in total. The summed E-state index contributed by atoms with van der Waals surface area (Å²) in [4.78, 5) is 18.1. The van der Waals surface area contributed by atoms with E-state index in [1.807, 2.05) is 0 Å². The van der Waals surface area contributed by atoms with E-state index in [0.717, 1.165) is 0 Å². The Balaban J connectivity index is 2.65. The maximum Gasteiger partial charge on any atom is 0.248 e. The molecule has 0 aliphatic carbocycles. The number of amides is 1. The van der Waals surface area contributed by atoms with Gasteiger partial charge in [0.1, 0.15) is 11.9 Å². The first-order valence-electron chi connectivity index (χ1n) is 4.00. The molecule has 0 saturated heterocycles. The van der Waals surface area contributed by atoms with Crippen LogP contribution in [0, 0.1) is 0 Å². The number of carbonyl (C=O) groups is 1. The van der Waals surface area contributed by atoms with Gasteiger partial charge in [-0.05, 0) is 15.9 Å². The van der Waals surface area contributed by atoms with Gasteiger partial charge in [0.05, 0.1) is 11.0 Å². The number of halogens is 1.